The summed E-state index contributed by atoms with van der Waals surface area (Å²) in [4.78, 5) is 9.72. The minimum Gasteiger partial charge on any atom is -0.234 e. The van der Waals surface area contributed by atoms with E-state index in [1.807, 2.05) is 6.92 Å². The third-order valence-electron chi connectivity index (χ3n) is 0.732. The van der Waals surface area contributed by atoms with E-state index in [-0.39, 0.29) is 0 Å². The van der Waals surface area contributed by atoms with Crippen LogP contribution in [0.5, 0.6) is 0 Å². The molecule has 0 aliphatic carbocycles. The quantitative estimate of drug-likeness (QED) is 0.396. The first-order chi connectivity index (χ1) is 3.35. The van der Waals surface area contributed by atoms with Crippen LogP contribution >= 0.6 is 11.6 Å². The van der Waals surface area contributed by atoms with Gasteiger partial charge in [-0.05, 0) is 6.42 Å². The zero-order valence-electron chi connectivity index (χ0n) is 4.20. The molecule has 0 fully saturated rings. The van der Waals surface area contributed by atoms with E-state index >= 15 is 0 Å². The number of alkyl halides is 1. The zero-order chi connectivity index (χ0) is 5.70. The van der Waals surface area contributed by atoms with Gasteiger partial charge in [-0.2, -0.15) is 0 Å². The number of hydrogen-bond donors (Lipinski definition) is 0. The Balaban J connectivity index is 3.61. The van der Waals surface area contributed by atoms with Crippen molar-refractivity contribution in [3.8, 4) is 0 Å². The highest BCUT2D eigenvalue weighted by Gasteiger charge is 1.86. The molecule has 0 bridgehead atoms. The smallest absolute Gasteiger partial charge is 0.124 e. The second-order valence-electron chi connectivity index (χ2n) is 1.19. The summed E-state index contributed by atoms with van der Waals surface area (Å²) in [5.74, 6) is 2.06. The van der Waals surface area contributed by atoms with Crippen LogP contribution < -0.4 is 0 Å². The van der Waals surface area contributed by atoms with Crippen LogP contribution in [-0.4, -0.2) is 11.8 Å². The van der Waals surface area contributed by atoms with Gasteiger partial charge in [0.2, 0.25) is 0 Å². The average Bonchev–Trinajstić information content (AvgIpc) is 1.72. The molecule has 2 heteroatoms. The van der Waals surface area contributed by atoms with Gasteiger partial charge in [-0.25, -0.2) is 4.79 Å². The molecule has 40 valence electrons. The summed E-state index contributed by atoms with van der Waals surface area (Å²) < 4.78 is 0. The van der Waals surface area contributed by atoms with Crippen LogP contribution in [0.3, 0.4) is 0 Å². The monoisotopic (exact) mass is 118 g/mol. The molecule has 0 spiro atoms. The van der Waals surface area contributed by atoms with Gasteiger partial charge in [0.15, 0.2) is 0 Å². The van der Waals surface area contributed by atoms with E-state index in [9.17, 15) is 4.79 Å². The highest BCUT2D eigenvalue weighted by atomic mass is 35.5. The first kappa shape index (κ1) is 6.74. The van der Waals surface area contributed by atoms with Crippen LogP contribution in [-0.2, 0) is 4.79 Å². The molecule has 0 unspecified atom stereocenters. The van der Waals surface area contributed by atoms with E-state index in [1.165, 1.54) is 0 Å². The summed E-state index contributed by atoms with van der Waals surface area (Å²) in [6.07, 6.45) is 0.715. The van der Waals surface area contributed by atoms with Crippen LogP contribution in [0.15, 0.2) is 5.57 Å². The summed E-state index contributed by atoms with van der Waals surface area (Å²) in [6.45, 7) is 1.88. The fourth-order valence-electron chi connectivity index (χ4n) is 0.194. The van der Waals surface area contributed by atoms with Crippen molar-refractivity contribution in [2.75, 3.05) is 5.88 Å². The maximum absolute atomic E-state index is 9.72. The molecule has 1 nitrogen and oxygen atoms in total. The van der Waals surface area contributed by atoms with Gasteiger partial charge in [0.25, 0.3) is 0 Å². The van der Waals surface area contributed by atoms with Gasteiger partial charge in [0.05, 0.1) is 5.88 Å². The van der Waals surface area contributed by atoms with E-state index in [4.69, 9.17) is 11.6 Å². The van der Waals surface area contributed by atoms with Crippen molar-refractivity contribution >= 4 is 17.5 Å². The molecule has 0 saturated carbocycles. The maximum atomic E-state index is 9.72. The molecular weight excluding hydrogens is 112 g/mol. The molecule has 0 radical (unpaired) electrons. The molecule has 0 atom stereocenters. The first-order valence-corrected chi connectivity index (χ1v) is 2.67. The van der Waals surface area contributed by atoms with Crippen molar-refractivity contribution in [3.05, 3.63) is 5.57 Å². The van der Waals surface area contributed by atoms with E-state index in [0.29, 0.717) is 17.9 Å². The molecule has 7 heavy (non-hydrogen) atoms. The van der Waals surface area contributed by atoms with Crippen LogP contribution in [0, 0.1) is 0 Å². The Kier molecular flexibility index (Phi) is 3.77. The Morgan fingerprint density at radius 2 is 2.43 bits per heavy atom. The van der Waals surface area contributed by atoms with Crippen molar-refractivity contribution < 1.29 is 4.79 Å². The molecule has 0 aliphatic heterocycles. The predicted octanol–water partition coefficient (Wildman–Crippen LogP) is 1.39. The van der Waals surface area contributed by atoms with Gasteiger partial charge < -0.3 is 0 Å². The van der Waals surface area contributed by atoms with Crippen LogP contribution in [0.25, 0.3) is 0 Å². The molecule has 0 aromatic heterocycles. The molecule has 0 N–H and O–H groups in total. The first-order valence-electron chi connectivity index (χ1n) is 2.14. The Hall–Kier alpha value is -0.260. The second-order valence-corrected chi connectivity index (χ2v) is 1.46. The van der Waals surface area contributed by atoms with E-state index in [2.05, 4.69) is 0 Å². The third kappa shape index (κ3) is 2.44. The van der Waals surface area contributed by atoms with Crippen molar-refractivity contribution in [3.63, 3.8) is 0 Å². The Morgan fingerprint density at radius 1 is 1.86 bits per heavy atom. The lowest BCUT2D eigenvalue weighted by Gasteiger charge is -1.84. The zero-order valence-corrected chi connectivity index (χ0v) is 4.96. The van der Waals surface area contributed by atoms with Gasteiger partial charge >= 0.3 is 0 Å². The Morgan fingerprint density at radius 3 is 2.43 bits per heavy atom. The van der Waals surface area contributed by atoms with Gasteiger partial charge in [-0.1, -0.05) is 6.92 Å². The van der Waals surface area contributed by atoms with E-state index < -0.39 is 0 Å². The summed E-state index contributed by atoms with van der Waals surface area (Å²) >= 11 is 5.27. The molecular formula is C5H7ClO. The van der Waals surface area contributed by atoms with E-state index in [0.717, 1.165) is 0 Å². The molecule has 0 saturated heterocycles. The third-order valence-corrected chi connectivity index (χ3v) is 1.06. The van der Waals surface area contributed by atoms with Crippen molar-refractivity contribution in [1.29, 1.82) is 0 Å². The normalized spacial score (nSPS) is 7.71. The molecule has 0 aliphatic rings. The highest BCUT2D eigenvalue weighted by molar-refractivity contribution is 6.20. The lowest BCUT2D eigenvalue weighted by atomic mass is 10.3. The number of allylic oxidation sites excluding steroid dienone is 1. The van der Waals surface area contributed by atoms with Gasteiger partial charge in [0.1, 0.15) is 5.94 Å². The lowest BCUT2D eigenvalue weighted by molar-refractivity contribution is 0.566. The minimum absolute atomic E-state index is 0.319. The number of carbonyl (C=O) groups excluding carboxylic acids is 1. The maximum Gasteiger partial charge on any atom is 0.124 e. The van der Waals surface area contributed by atoms with Gasteiger partial charge in [-0.3, -0.25) is 0 Å². The minimum atomic E-state index is 0.319. The number of halogens is 1. The van der Waals surface area contributed by atoms with Gasteiger partial charge in [0, 0.05) is 5.57 Å². The molecule has 0 aromatic carbocycles. The highest BCUT2D eigenvalue weighted by Crippen LogP contribution is 1.95. The molecule has 0 aromatic rings. The Labute approximate surface area is 48.0 Å². The fraction of sp³-hybridized carbons (Fsp3) is 0.600. The van der Waals surface area contributed by atoms with Gasteiger partial charge in [-0.15, -0.1) is 11.6 Å². The van der Waals surface area contributed by atoms with Crippen LogP contribution in [0.2, 0.25) is 0 Å². The molecule has 0 rings (SSSR count). The number of hydrogen-bond acceptors (Lipinski definition) is 1. The second kappa shape index (κ2) is 3.91. The Bertz CT molecular complexity index is 86.3. The standard InChI is InChI=1S/C5H7ClO/c1-2-5(3-6)4-7/h2-3H2,1H3. The number of rotatable bonds is 2. The fourth-order valence-corrected chi connectivity index (χ4v) is 0.437. The summed E-state index contributed by atoms with van der Waals surface area (Å²) in [5, 5.41) is 0. The summed E-state index contributed by atoms with van der Waals surface area (Å²) in [7, 11) is 0. The SMILES string of the molecule is CCC(=C=O)CCl. The van der Waals surface area contributed by atoms with Crippen LogP contribution in [0.1, 0.15) is 13.3 Å². The summed E-state index contributed by atoms with van der Waals surface area (Å²) in [5.41, 5.74) is 0.640. The predicted molar refractivity (Wildman–Crippen MR) is 30.2 cm³/mol. The molecule has 0 heterocycles. The molecule has 0 amide bonds. The van der Waals surface area contributed by atoms with Crippen molar-refractivity contribution in [1.82, 2.24) is 0 Å². The largest absolute Gasteiger partial charge is 0.234 e. The topological polar surface area (TPSA) is 17.1 Å². The average molecular weight is 119 g/mol. The summed E-state index contributed by atoms with van der Waals surface area (Å²) in [6, 6.07) is 0. The van der Waals surface area contributed by atoms with Crippen molar-refractivity contribution in [2.45, 2.75) is 13.3 Å². The van der Waals surface area contributed by atoms with E-state index in [1.54, 1.807) is 5.94 Å². The van der Waals surface area contributed by atoms with Crippen LogP contribution in [0.4, 0.5) is 0 Å². The van der Waals surface area contributed by atoms with Crippen molar-refractivity contribution in [2.24, 2.45) is 0 Å². The lowest BCUT2D eigenvalue weighted by Crippen LogP contribution is -1.80.